The Labute approximate surface area is 141 Å². The number of furan rings is 1. The van der Waals surface area contributed by atoms with Crippen LogP contribution in [-0.4, -0.2) is 16.2 Å². The summed E-state index contributed by atoms with van der Waals surface area (Å²) in [5.41, 5.74) is 0.640. The largest absolute Gasteiger partial charge is 0.506 e. The van der Waals surface area contributed by atoms with E-state index in [9.17, 15) is 15.2 Å². The predicted octanol–water partition coefficient (Wildman–Crippen LogP) is 4.96. The molecule has 24 heavy (non-hydrogen) atoms. The topological polar surface area (TPSA) is 88.9 Å². The number of benzene rings is 2. The number of hydrogen-bond acceptors (Lipinski definition) is 5. The van der Waals surface area contributed by atoms with Crippen molar-refractivity contribution in [3.8, 4) is 17.1 Å². The quantitative estimate of drug-likeness (QED) is 0.412. The molecule has 3 rings (SSSR count). The number of hydrogen-bond donors (Lipinski definition) is 1. The average Bonchev–Trinajstić information content (AvgIpc) is 3.04. The maximum atomic E-state index is 11.1. The number of aliphatic imine (C=N–C) groups is 1. The van der Waals surface area contributed by atoms with Gasteiger partial charge in [0.15, 0.2) is 0 Å². The number of para-hydroxylation sites is 1. The lowest BCUT2D eigenvalue weighted by Crippen LogP contribution is -1.90. The van der Waals surface area contributed by atoms with Gasteiger partial charge < -0.3 is 9.52 Å². The van der Waals surface area contributed by atoms with E-state index in [4.69, 9.17) is 16.0 Å². The smallest absolute Gasteiger partial charge is 0.280 e. The first-order chi connectivity index (χ1) is 11.5. The van der Waals surface area contributed by atoms with Crippen LogP contribution in [0.1, 0.15) is 5.76 Å². The van der Waals surface area contributed by atoms with Gasteiger partial charge in [0.1, 0.15) is 23.0 Å². The van der Waals surface area contributed by atoms with Gasteiger partial charge in [0.25, 0.3) is 5.69 Å². The molecule has 1 N–H and O–H groups in total. The molecule has 0 aliphatic carbocycles. The lowest BCUT2D eigenvalue weighted by atomic mass is 10.1. The third-order valence-electron chi connectivity index (χ3n) is 3.26. The number of aromatic hydroxyl groups is 1. The van der Waals surface area contributed by atoms with Gasteiger partial charge in [-0.05, 0) is 36.4 Å². The summed E-state index contributed by atoms with van der Waals surface area (Å²) in [5, 5.41) is 21.2. The maximum absolute atomic E-state index is 11.1. The van der Waals surface area contributed by atoms with E-state index in [2.05, 4.69) is 4.99 Å². The monoisotopic (exact) mass is 342 g/mol. The summed E-state index contributed by atoms with van der Waals surface area (Å²) in [4.78, 5) is 14.7. The molecule has 120 valence electrons. The van der Waals surface area contributed by atoms with Gasteiger partial charge >= 0.3 is 0 Å². The summed E-state index contributed by atoms with van der Waals surface area (Å²) < 4.78 is 5.58. The van der Waals surface area contributed by atoms with Gasteiger partial charge in [-0.25, -0.2) is 4.99 Å². The molecule has 0 fully saturated rings. The van der Waals surface area contributed by atoms with Crippen molar-refractivity contribution in [2.45, 2.75) is 0 Å². The Balaban J connectivity index is 1.90. The standard InChI is InChI=1S/C17H11ClN2O4/c18-11-5-7-16(21)14(9-11)19-10-12-6-8-17(24-12)13-3-1-2-4-15(13)20(22)23/h1-10,21H. The van der Waals surface area contributed by atoms with Crippen molar-refractivity contribution in [2.75, 3.05) is 0 Å². The Bertz CT molecular complexity index is 934. The van der Waals surface area contributed by atoms with Crippen molar-refractivity contribution < 1.29 is 14.4 Å². The van der Waals surface area contributed by atoms with E-state index >= 15 is 0 Å². The van der Waals surface area contributed by atoms with E-state index in [0.29, 0.717) is 27.8 Å². The zero-order chi connectivity index (χ0) is 17.1. The van der Waals surface area contributed by atoms with Crippen LogP contribution in [-0.2, 0) is 0 Å². The Kier molecular flexibility index (Phi) is 4.31. The van der Waals surface area contributed by atoms with Crippen LogP contribution in [0.3, 0.4) is 0 Å². The summed E-state index contributed by atoms with van der Waals surface area (Å²) in [6.07, 6.45) is 1.41. The first-order valence-corrected chi connectivity index (χ1v) is 7.28. The second kappa shape index (κ2) is 6.55. The Morgan fingerprint density at radius 3 is 2.75 bits per heavy atom. The molecule has 0 bridgehead atoms. The minimum Gasteiger partial charge on any atom is -0.506 e. The predicted molar refractivity (Wildman–Crippen MR) is 91.2 cm³/mol. The van der Waals surface area contributed by atoms with Crippen LogP contribution >= 0.6 is 11.6 Å². The first-order valence-electron chi connectivity index (χ1n) is 6.91. The van der Waals surface area contributed by atoms with Gasteiger partial charge in [0.2, 0.25) is 0 Å². The minimum atomic E-state index is -0.463. The summed E-state index contributed by atoms with van der Waals surface area (Å²) >= 11 is 5.86. The average molecular weight is 343 g/mol. The molecule has 0 aliphatic heterocycles. The molecular formula is C17H11ClN2O4. The first kappa shape index (κ1) is 15.8. The highest BCUT2D eigenvalue weighted by Crippen LogP contribution is 2.32. The number of phenolic OH excluding ortho intramolecular Hbond substituents is 1. The number of rotatable bonds is 4. The molecule has 0 amide bonds. The summed E-state index contributed by atoms with van der Waals surface area (Å²) in [5.74, 6) is 0.739. The molecule has 0 spiro atoms. The molecule has 0 aliphatic rings. The number of nitro groups is 1. The Hall–Kier alpha value is -3.12. The van der Waals surface area contributed by atoms with Crippen LogP contribution in [0.4, 0.5) is 11.4 Å². The van der Waals surface area contributed by atoms with E-state index in [1.807, 2.05) is 0 Å². The molecule has 0 atom stereocenters. The molecule has 1 aromatic heterocycles. The molecule has 7 heteroatoms. The van der Waals surface area contributed by atoms with E-state index in [0.717, 1.165) is 0 Å². The molecule has 0 saturated heterocycles. The van der Waals surface area contributed by atoms with Gasteiger partial charge in [0.05, 0.1) is 16.7 Å². The molecule has 0 radical (unpaired) electrons. The molecular weight excluding hydrogens is 332 g/mol. The third-order valence-corrected chi connectivity index (χ3v) is 3.50. The van der Waals surface area contributed by atoms with Crippen molar-refractivity contribution in [1.29, 1.82) is 0 Å². The van der Waals surface area contributed by atoms with E-state index in [1.165, 1.54) is 24.4 Å². The van der Waals surface area contributed by atoms with Crippen LogP contribution in [0, 0.1) is 10.1 Å². The van der Waals surface area contributed by atoms with Gasteiger partial charge in [-0.3, -0.25) is 10.1 Å². The second-order valence-electron chi connectivity index (χ2n) is 4.87. The normalized spacial score (nSPS) is 11.0. The number of halogens is 1. The van der Waals surface area contributed by atoms with Crippen LogP contribution in [0.2, 0.25) is 5.02 Å². The minimum absolute atomic E-state index is 0.0128. The fourth-order valence-electron chi connectivity index (χ4n) is 2.14. The van der Waals surface area contributed by atoms with Crippen molar-refractivity contribution in [1.82, 2.24) is 0 Å². The third kappa shape index (κ3) is 3.28. The Morgan fingerprint density at radius 2 is 1.96 bits per heavy atom. The second-order valence-corrected chi connectivity index (χ2v) is 5.30. The fourth-order valence-corrected chi connectivity index (χ4v) is 2.31. The van der Waals surface area contributed by atoms with E-state index in [-0.39, 0.29) is 11.4 Å². The van der Waals surface area contributed by atoms with Crippen molar-refractivity contribution in [2.24, 2.45) is 4.99 Å². The van der Waals surface area contributed by atoms with Crippen LogP contribution < -0.4 is 0 Å². The highest BCUT2D eigenvalue weighted by atomic mass is 35.5. The highest BCUT2D eigenvalue weighted by molar-refractivity contribution is 6.30. The summed E-state index contributed by atoms with van der Waals surface area (Å²) in [6, 6.07) is 14.1. The van der Waals surface area contributed by atoms with Crippen molar-refractivity contribution in [3.63, 3.8) is 0 Å². The lowest BCUT2D eigenvalue weighted by molar-refractivity contribution is -0.384. The van der Waals surface area contributed by atoms with Gasteiger partial charge in [-0.2, -0.15) is 0 Å². The zero-order valence-electron chi connectivity index (χ0n) is 12.2. The number of phenols is 1. The fraction of sp³-hybridized carbons (Fsp3) is 0. The van der Waals surface area contributed by atoms with Gasteiger partial charge in [-0.1, -0.05) is 23.7 Å². The van der Waals surface area contributed by atoms with Crippen LogP contribution in [0.15, 0.2) is 64.0 Å². The summed E-state index contributed by atoms with van der Waals surface area (Å²) in [7, 11) is 0. The highest BCUT2D eigenvalue weighted by Gasteiger charge is 2.16. The van der Waals surface area contributed by atoms with E-state index in [1.54, 1.807) is 36.4 Å². The Morgan fingerprint density at radius 1 is 1.17 bits per heavy atom. The molecule has 1 heterocycles. The SMILES string of the molecule is O=[N+]([O-])c1ccccc1-c1ccc(C=Nc2cc(Cl)ccc2O)o1. The van der Waals surface area contributed by atoms with Crippen LogP contribution in [0.25, 0.3) is 11.3 Å². The number of nitro benzene ring substituents is 1. The molecule has 0 saturated carbocycles. The van der Waals surface area contributed by atoms with Gasteiger partial charge in [0, 0.05) is 11.1 Å². The zero-order valence-corrected chi connectivity index (χ0v) is 13.0. The van der Waals surface area contributed by atoms with Crippen molar-refractivity contribution in [3.05, 3.63) is 75.5 Å². The maximum Gasteiger partial charge on any atom is 0.280 e. The summed E-state index contributed by atoms with van der Waals surface area (Å²) in [6.45, 7) is 0. The van der Waals surface area contributed by atoms with Crippen LogP contribution in [0.5, 0.6) is 5.75 Å². The lowest BCUT2D eigenvalue weighted by Gasteiger charge is -1.99. The molecule has 3 aromatic rings. The molecule has 2 aromatic carbocycles. The van der Waals surface area contributed by atoms with Crippen molar-refractivity contribution >= 4 is 29.2 Å². The van der Waals surface area contributed by atoms with E-state index < -0.39 is 4.92 Å². The molecule has 0 unspecified atom stereocenters. The molecule has 6 nitrogen and oxygen atoms in total. The number of nitrogens with zero attached hydrogens (tertiary/aromatic N) is 2. The van der Waals surface area contributed by atoms with Gasteiger partial charge in [-0.15, -0.1) is 0 Å².